The lowest BCUT2D eigenvalue weighted by atomic mass is 10.0. The number of carbonyl (C=O) groups excluding carboxylic acids is 1. The van der Waals surface area contributed by atoms with Gasteiger partial charge in [0, 0.05) is 37.3 Å². The van der Waals surface area contributed by atoms with Gasteiger partial charge in [0.25, 0.3) is 0 Å². The molecule has 2 aromatic carbocycles. The summed E-state index contributed by atoms with van der Waals surface area (Å²) in [5.41, 5.74) is 10.4. The quantitative estimate of drug-likeness (QED) is 0.254. The van der Waals surface area contributed by atoms with Gasteiger partial charge in [-0.25, -0.2) is 9.67 Å². The summed E-state index contributed by atoms with van der Waals surface area (Å²) >= 11 is 12.7. The van der Waals surface area contributed by atoms with Gasteiger partial charge in [0.2, 0.25) is 5.88 Å². The van der Waals surface area contributed by atoms with Crippen molar-refractivity contribution in [3.63, 3.8) is 0 Å². The number of nitrogen functional groups attached to an aromatic ring is 1. The second-order valence-corrected chi connectivity index (χ2v) is 12.5. The average Bonchev–Trinajstić information content (AvgIpc) is 3.57. The molecule has 43 heavy (non-hydrogen) atoms. The highest BCUT2D eigenvalue weighted by Gasteiger charge is 2.28. The van der Waals surface area contributed by atoms with Crippen molar-refractivity contribution in [3.05, 3.63) is 92.7 Å². The number of morpholine rings is 1. The van der Waals surface area contributed by atoms with Crippen molar-refractivity contribution < 1.29 is 22.7 Å². The number of hydrogen-bond acceptors (Lipinski definition) is 8. The third-order valence-corrected chi connectivity index (χ3v) is 9.29. The summed E-state index contributed by atoms with van der Waals surface area (Å²) in [7, 11) is -3.74. The van der Waals surface area contributed by atoms with E-state index in [1.165, 1.54) is 15.2 Å². The largest absolute Gasteiger partial charge is 0.437 e. The maximum atomic E-state index is 13.6. The Hall–Kier alpha value is -3.94. The second-order valence-electron chi connectivity index (χ2n) is 10.0. The molecular formula is C29H26Cl2N6O5S. The molecule has 11 nitrogen and oxygen atoms in total. The van der Waals surface area contributed by atoms with Crippen LogP contribution in [0.2, 0.25) is 10.0 Å². The number of allylic oxidation sites excluding steroid dienone is 1. The van der Waals surface area contributed by atoms with Crippen LogP contribution in [-0.4, -0.2) is 59.6 Å². The van der Waals surface area contributed by atoms with E-state index in [1.54, 1.807) is 48.7 Å². The van der Waals surface area contributed by atoms with Crippen LogP contribution in [0.1, 0.15) is 27.0 Å². The summed E-state index contributed by atoms with van der Waals surface area (Å²) in [5.74, 6) is 0.489. The van der Waals surface area contributed by atoms with Gasteiger partial charge in [0.1, 0.15) is 16.6 Å². The Morgan fingerprint density at radius 1 is 1.12 bits per heavy atom. The topological polar surface area (TPSA) is 142 Å². The minimum Gasteiger partial charge on any atom is -0.437 e. The fraction of sp³-hybridized carbons (Fsp3) is 0.207. The Kier molecular flexibility index (Phi) is 7.88. The first-order chi connectivity index (χ1) is 20.6. The molecule has 3 heterocycles. The molecule has 2 aliphatic rings. The number of fused-ring (bicyclic) bond motifs is 1. The minimum absolute atomic E-state index is 0.125. The zero-order valence-electron chi connectivity index (χ0n) is 22.9. The first kappa shape index (κ1) is 29.1. The third kappa shape index (κ3) is 5.84. The van der Waals surface area contributed by atoms with Crippen molar-refractivity contribution in [1.29, 1.82) is 0 Å². The van der Waals surface area contributed by atoms with Crippen LogP contribution in [0.15, 0.2) is 60.4 Å². The predicted molar refractivity (Wildman–Crippen MR) is 164 cm³/mol. The van der Waals surface area contributed by atoms with Crippen molar-refractivity contribution in [2.75, 3.05) is 36.8 Å². The van der Waals surface area contributed by atoms with E-state index in [-0.39, 0.29) is 41.2 Å². The van der Waals surface area contributed by atoms with Gasteiger partial charge in [-0.2, -0.15) is 17.8 Å². The minimum atomic E-state index is -3.74. The SMILES string of the molecule is Cc1cc2c(cc1NS(=O)(=O)N1CCOCC1)CC(C(=O)c1cnn(-c3ccc(Oc4ncccc4Cl)cc3Cl)c1N)=C2. The number of ketones is 1. The van der Waals surface area contributed by atoms with Gasteiger partial charge >= 0.3 is 10.2 Å². The normalized spacial score (nSPS) is 15.2. The van der Waals surface area contributed by atoms with Gasteiger partial charge in [-0.05, 0) is 66.1 Å². The number of nitrogens with zero attached hydrogens (tertiary/aromatic N) is 4. The van der Waals surface area contributed by atoms with Gasteiger partial charge in [0.05, 0.1) is 41.4 Å². The molecule has 3 N–H and O–H groups in total. The van der Waals surface area contributed by atoms with Crippen molar-refractivity contribution in [1.82, 2.24) is 19.1 Å². The molecule has 0 bridgehead atoms. The van der Waals surface area contributed by atoms with Crippen LogP contribution in [-0.2, 0) is 21.4 Å². The summed E-state index contributed by atoms with van der Waals surface area (Å²) in [6, 6.07) is 11.9. The molecule has 222 valence electrons. The lowest BCUT2D eigenvalue weighted by Crippen LogP contribution is -2.43. The van der Waals surface area contributed by atoms with E-state index in [4.69, 9.17) is 38.4 Å². The lowest BCUT2D eigenvalue weighted by molar-refractivity contribution is 0.0733. The Bertz CT molecular complexity index is 1890. The van der Waals surface area contributed by atoms with Gasteiger partial charge in [-0.15, -0.1) is 0 Å². The van der Waals surface area contributed by atoms with Gasteiger partial charge in [-0.3, -0.25) is 9.52 Å². The van der Waals surface area contributed by atoms with Crippen LogP contribution in [0, 0.1) is 6.92 Å². The van der Waals surface area contributed by atoms with Gasteiger partial charge in [0.15, 0.2) is 5.78 Å². The number of hydrogen-bond donors (Lipinski definition) is 2. The molecule has 14 heteroatoms. The maximum absolute atomic E-state index is 13.6. The number of ether oxygens (including phenoxy) is 2. The molecule has 1 aliphatic carbocycles. The molecule has 1 fully saturated rings. The number of benzene rings is 2. The Morgan fingerprint density at radius 2 is 1.91 bits per heavy atom. The summed E-state index contributed by atoms with van der Waals surface area (Å²) in [6.45, 7) is 3.10. The van der Waals surface area contributed by atoms with Crippen molar-refractivity contribution in [2.45, 2.75) is 13.3 Å². The van der Waals surface area contributed by atoms with Crippen LogP contribution in [0.3, 0.4) is 0 Å². The number of halogens is 2. The summed E-state index contributed by atoms with van der Waals surface area (Å²) in [4.78, 5) is 17.7. The number of anilines is 2. The van der Waals surface area contributed by atoms with Crippen LogP contribution in [0.25, 0.3) is 11.8 Å². The van der Waals surface area contributed by atoms with Crippen molar-refractivity contribution in [2.24, 2.45) is 0 Å². The molecule has 0 amide bonds. The zero-order chi connectivity index (χ0) is 30.3. The fourth-order valence-electron chi connectivity index (χ4n) is 4.93. The number of carbonyl (C=O) groups is 1. The highest BCUT2D eigenvalue weighted by atomic mass is 35.5. The molecular weight excluding hydrogens is 615 g/mol. The van der Waals surface area contributed by atoms with E-state index in [0.717, 1.165) is 16.7 Å². The first-order valence-electron chi connectivity index (χ1n) is 13.3. The van der Waals surface area contributed by atoms with Gasteiger partial charge in [-0.1, -0.05) is 23.2 Å². The molecule has 0 saturated carbocycles. The first-order valence-corrected chi connectivity index (χ1v) is 15.5. The molecule has 0 radical (unpaired) electrons. The number of Topliss-reactive ketones (excluding diaryl/α,β-unsaturated/α-hetero) is 1. The Labute approximate surface area is 258 Å². The van der Waals surface area contributed by atoms with E-state index >= 15 is 0 Å². The number of aromatic nitrogens is 3. The zero-order valence-corrected chi connectivity index (χ0v) is 25.2. The highest BCUT2D eigenvalue weighted by molar-refractivity contribution is 7.90. The van der Waals surface area contributed by atoms with E-state index in [2.05, 4.69) is 14.8 Å². The van der Waals surface area contributed by atoms with E-state index in [0.29, 0.717) is 47.4 Å². The smallest absolute Gasteiger partial charge is 0.301 e. The lowest BCUT2D eigenvalue weighted by Gasteiger charge is -2.26. The molecule has 1 saturated heterocycles. The number of rotatable bonds is 8. The van der Waals surface area contributed by atoms with E-state index < -0.39 is 10.2 Å². The highest BCUT2D eigenvalue weighted by Crippen LogP contribution is 2.35. The Morgan fingerprint density at radius 3 is 2.65 bits per heavy atom. The fourth-order valence-corrected chi connectivity index (χ4v) is 6.60. The summed E-state index contributed by atoms with van der Waals surface area (Å²) in [6.07, 6.45) is 5.08. The number of nitrogens with two attached hydrogens (primary N) is 1. The molecule has 1 aliphatic heterocycles. The molecule has 4 aromatic rings. The monoisotopic (exact) mass is 640 g/mol. The van der Waals surface area contributed by atoms with E-state index in [9.17, 15) is 13.2 Å². The van der Waals surface area contributed by atoms with Crippen LogP contribution in [0.5, 0.6) is 11.6 Å². The van der Waals surface area contributed by atoms with E-state index in [1.807, 2.05) is 13.0 Å². The summed E-state index contributed by atoms with van der Waals surface area (Å²) < 4.78 is 42.2. The molecule has 6 rings (SSSR count). The number of aryl methyl sites for hydroxylation is 1. The van der Waals surface area contributed by atoms with Crippen LogP contribution in [0.4, 0.5) is 11.5 Å². The Balaban J connectivity index is 1.19. The molecule has 2 aromatic heterocycles. The predicted octanol–water partition coefficient (Wildman–Crippen LogP) is 5.07. The van der Waals surface area contributed by atoms with Crippen molar-refractivity contribution in [3.8, 4) is 17.3 Å². The second kappa shape index (κ2) is 11.6. The van der Waals surface area contributed by atoms with Gasteiger partial charge < -0.3 is 15.2 Å². The molecule has 0 atom stereocenters. The molecule has 0 spiro atoms. The summed E-state index contributed by atoms with van der Waals surface area (Å²) in [5, 5.41) is 4.96. The molecule has 0 unspecified atom stereocenters. The third-order valence-electron chi connectivity index (χ3n) is 7.18. The maximum Gasteiger partial charge on any atom is 0.301 e. The van der Waals surface area contributed by atoms with Crippen LogP contribution < -0.4 is 15.2 Å². The standard InChI is InChI=1S/C29H26Cl2N6O5S/c1-17-11-18-12-20(13-19(18)14-25(17)35-43(39,40)36-7-9-41-10-8-36)27(38)22-16-34-37(28(22)32)26-5-4-21(15-24(26)31)42-29-23(30)3-2-6-33-29/h2-6,11-12,14-16,35H,7-10,13,32H2,1H3. The van der Waals surface area contributed by atoms with Crippen LogP contribution >= 0.6 is 23.2 Å². The average molecular weight is 642 g/mol. The number of nitrogens with one attached hydrogen (secondary N) is 1. The number of pyridine rings is 1. The van der Waals surface area contributed by atoms with Crippen molar-refractivity contribution >= 4 is 56.8 Å².